The van der Waals surface area contributed by atoms with Gasteiger partial charge < -0.3 is 10.2 Å². The molecule has 4 rings (SSSR count). The molecule has 168 valence electrons. The lowest BCUT2D eigenvalue weighted by atomic mass is 10.2. The molecule has 0 bridgehead atoms. The molecule has 0 aliphatic heterocycles. The molecule has 0 saturated carbocycles. The van der Waals surface area contributed by atoms with Crippen LogP contribution in [0.2, 0.25) is 0 Å². The van der Waals surface area contributed by atoms with E-state index in [-0.39, 0.29) is 11.5 Å². The number of hydrogen-bond acceptors (Lipinski definition) is 6. The Morgan fingerprint density at radius 3 is 2.72 bits per heavy atom. The van der Waals surface area contributed by atoms with Crippen LogP contribution in [0.4, 0.5) is 5.69 Å². The molecule has 3 heterocycles. The summed E-state index contributed by atoms with van der Waals surface area (Å²) in [5.41, 5.74) is 1.96. The topological polar surface area (TPSA) is 84.5 Å². The van der Waals surface area contributed by atoms with Gasteiger partial charge in [0.25, 0.3) is 5.56 Å². The minimum Gasteiger partial charge on any atom is -0.372 e. The van der Waals surface area contributed by atoms with Gasteiger partial charge in [0, 0.05) is 44.7 Å². The van der Waals surface area contributed by atoms with Gasteiger partial charge in [0.05, 0.1) is 5.52 Å². The highest BCUT2D eigenvalue weighted by Crippen LogP contribution is 2.20. The fraction of sp³-hybridized carbons (Fsp3) is 0.391. The van der Waals surface area contributed by atoms with Gasteiger partial charge in [-0.3, -0.25) is 18.6 Å². The summed E-state index contributed by atoms with van der Waals surface area (Å²) in [7, 11) is 0. The number of aromatic nitrogens is 4. The zero-order chi connectivity index (χ0) is 22.5. The molecule has 0 unspecified atom stereocenters. The van der Waals surface area contributed by atoms with Gasteiger partial charge in [-0.15, -0.1) is 21.5 Å². The monoisotopic (exact) mass is 452 g/mol. The van der Waals surface area contributed by atoms with Crippen molar-refractivity contribution in [3.05, 3.63) is 58.0 Å². The largest absolute Gasteiger partial charge is 0.372 e. The molecule has 9 heteroatoms. The standard InChI is InChI=1S/C23H28N6O2S/c1-3-27(17-9-6-5-7-10-17)15-8-14-24-20(30)12-11-19-25-26-23-28(4-2)22(31)21-18(29(19)23)13-16-32-21/h5-7,9-10,13,16H,3-4,8,11-12,14-15H2,1-2H3,(H,24,30). The third-order valence-corrected chi connectivity index (χ3v) is 6.49. The van der Waals surface area contributed by atoms with Crippen molar-refractivity contribution in [2.45, 2.75) is 39.7 Å². The van der Waals surface area contributed by atoms with Gasteiger partial charge in [-0.05, 0) is 43.8 Å². The zero-order valence-corrected chi connectivity index (χ0v) is 19.3. The number of benzene rings is 1. The number of fused-ring (bicyclic) bond motifs is 3. The maximum Gasteiger partial charge on any atom is 0.272 e. The van der Waals surface area contributed by atoms with Gasteiger partial charge in [0.2, 0.25) is 11.7 Å². The number of amides is 1. The maximum atomic E-state index is 12.6. The Hall–Kier alpha value is -3.20. The van der Waals surface area contributed by atoms with Gasteiger partial charge in [-0.25, -0.2) is 0 Å². The van der Waals surface area contributed by atoms with Crippen molar-refractivity contribution < 1.29 is 4.79 Å². The number of anilines is 1. The van der Waals surface area contributed by atoms with Crippen molar-refractivity contribution in [2.24, 2.45) is 0 Å². The van der Waals surface area contributed by atoms with Gasteiger partial charge in [-0.1, -0.05) is 18.2 Å². The average molecular weight is 453 g/mol. The van der Waals surface area contributed by atoms with Crippen LogP contribution < -0.4 is 15.8 Å². The quantitative estimate of drug-likeness (QED) is 0.374. The van der Waals surface area contributed by atoms with Crippen LogP contribution in [0.15, 0.2) is 46.6 Å². The van der Waals surface area contributed by atoms with Crippen molar-refractivity contribution in [1.82, 2.24) is 24.5 Å². The van der Waals surface area contributed by atoms with E-state index < -0.39 is 0 Å². The van der Waals surface area contributed by atoms with Crippen LogP contribution >= 0.6 is 11.3 Å². The summed E-state index contributed by atoms with van der Waals surface area (Å²) in [5.74, 6) is 1.22. The Morgan fingerprint density at radius 2 is 1.97 bits per heavy atom. The van der Waals surface area contributed by atoms with Gasteiger partial charge in [0.15, 0.2) is 0 Å². The Bertz CT molecular complexity index is 1260. The van der Waals surface area contributed by atoms with Crippen LogP contribution in [0, 0.1) is 0 Å². The second-order valence-corrected chi connectivity index (χ2v) is 8.47. The minimum absolute atomic E-state index is 0.00474. The zero-order valence-electron chi connectivity index (χ0n) is 18.5. The van der Waals surface area contributed by atoms with E-state index in [1.54, 1.807) is 4.57 Å². The van der Waals surface area contributed by atoms with Crippen LogP contribution in [0.3, 0.4) is 0 Å². The lowest BCUT2D eigenvalue weighted by Crippen LogP contribution is -2.30. The molecule has 3 aromatic heterocycles. The third kappa shape index (κ3) is 4.38. The van der Waals surface area contributed by atoms with Gasteiger partial charge in [-0.2, -0.15) is 0 Å². The van der Waals surface area contributed by atoms with E-state index in [1.165, 1.54) is 17.0 Å². The minimum atomic E-state index is -0.0432. The molecule has 1 amide bonds. The molecule has 0 fully saturated rings. The van der Waals surface area contributed by atoms with Crippen LogP contribution in [-0.2, 0) is 17.8 Å². The van der Waals surface area contributed by atoms with Crippen molar-refractivity contribution in [3.8, 4) is 0 Å². The third-order valence-electron chi connectivity index (χ3n) is 5.60. The van der Waals surface area contributed by atoms with Crippen molar-refractivity contribution >= 4 is 38.9 Å². The highest BCUT2D eigenvalue weighted by atomic mass is 32.1. The molecule has 0 radical (unpaired) electrons. The molecule has 8 nitrogen and oxygen atoms in total. The lowest BCUT2D eigenvalue weighted by Gasteiger charge is -2.23. The second-order valence-electron chi connectivity index (χ2n) is 7.55. The number of thiophene rings is 1. The molecule has 0 atom stereocenters. The molecule has 4 aromatic rings. The molecule has 0 spiro atoms. The Balaban J connectivity index is 1.35. The highest BCUT2D eigenvalue weighted by molar-refractivity contribution is 7.17. The fourth-order valence-corrected chi connectivity index (χ4v) is 4.77. The van der Waals surface area contributed by atoms with Gasteiger partial charge >= 0.3 is 0 Å². The first-order valence-corrected chi connectivity index (χ1v) is 11.9. The summed E-state index contributed by atoms with van der Waals surface area (Å²) >= 11 is 1.42. The Labute approximate surface area is 190 Å². The van der Waals surface area contributed by atoms with Crippen LogP contribution in [0.25, 0.3) is 16.0 Å². The van der Waals surface area contributed by atoms with Crippen molar-refractivity contribution in [1.29, 1.82) is 0 Å². The molecule has 32 heavy (non-hydrogen) atoms. The summed E-state index contributed by atoms with van der Waals surface area (Å²) < 4.78 is 4.22. The Kier molecular flexibility index (Phi) is 6.84. The SMILES string of the molecule is CCN(CCCNC(=O)CCc1nnc2n(CC)c(=O)c3sccc3n12)c1ccccc1. The van der Waals surface area contributed by atoms with E-state index in [4.69, 9.17) is 0 Å². The number of para-hydroxylation sites is 1. The predicted molar refractivity (Wildman–Crippen MR) is 129 cm³/mol. The van der Waals surface area contributed by atoms with Crippen LogP contribution in [0.5, 0.6) is 0 Å². The van der Waals surface area contributed by atoms with E-state index in [9.17, 15) is 9.59 Å². The number of aryl methyl sites for hydroxylation is 2. The van der Waals surface area contributed by atoms with Crippen molar-refractivity contribution in [3.63, 3.8) is 0 Å². The van der Waals surface area contributed by atoms with Crippen LogP contribution in [0.1, 0.15) is 32.5 Å². The Morgan fingerprint density at radius 1 is 1.16 bits per heavy atom. The lowest BCUT2D eigenvalue weighted by molar-refractivity contribution is -0.121. The summed E-state index contributed by atoms with van der Waals surface area (Å²) in [6.07, 6.45) is 1.67. The summed E-state index contributed by atoms with van der Waals surface area (Å²) in [6.45, 7) is 7.02. The first kappa shape index (κ1) is 22.0. The number of rotatable bonds is 10. The van der Waals surface area contributed by atoms with E-state index in [1.807, 2.05) is 41.0 Å². The average Bonchev–Trinajstić information content (AvgIpc) is 3.46. The van der Waals surface area contributed by atoms with E-state index >= 15 is 0 Å². The highest BCUT2D eigenvalue weighted by Gasteiger charge is 2.17. The molecular formula is C23H28N6O2S. The molecule has 0 aliphatic rings. The van der Waals surface area contributed by atoms with E-state index in [2.05, 4.69) is 39.5 Å². The fourth-order valence-electron chi connectivity index (χ4n) is 3.95. The first-order chi connectivity index (χ1) is 15.6. The number of nitrogens with zero attached hydrogens (tertiary/aromatic N) is 5. The number of nitrogens with one attached hydrogen (secondary N) is 1. The molecule has 1 N–H and O–H groups in total. The normalized spacial score (nSPS) is 11.3. The predicted octanol–water partition coefficient (Wildman–Crippen LogP) is 3.09. The smallest absolute Gasteiger partial charge is 0.272 e. The van der Waals surface area contributed by atoms with E-state index in [0.717, 1.165) is 25.0 Å². The van der Waals surface area contributed by atoms with Crippen molar-refractivity contribution in [2.75, 3.05) is 24.5 Å². The maximum absolute atomic E-state index is 12.6. The second kappa shape index (κ2) is 9.95. The van der Waals surface area contributed by atoms with Crippen LogP contribution in [-0.4, -0.2) is 44.7 Å². The molecule has 0 saturated heterocycles. The summed E-state index contributed by atoms with van der Waals surface area (Å²) in [6, 6.07) is 12.2. The molecule has 1 aromatic carbocycles. The molecule has 0 aliphatic carbocycles. The number of carbonyl (C=O) groups excluding carboxylic acids is 1. The van der Waals surface area contributed by atoms with Gasteiger partial charge in [0.1, 0.15) is 10.5 Å². The summed E-state index contributed by atoms with van der Waals surface area (Å²) in [4.78, 5) is 27.4. The van der Waals surface area contributed by atoms with E-state index in [0.29, 0.717) is 42.2 Å². The molecular weight excluding hydrogens is 424 g/mol. The summed E-state index contributed by atoms with van der Waals surface area (Å²) in [5, 5.41) is 13.4. The number of hydrogen-bond donors (Lipinski definition) is 1. The number of carbonyl (C=O) groups is 1. The first-order valence-electron chi connectivity index (χ1n) is 11.0.